The van der Waals surface area contributed by atoms with Gasteiger partial charge in [0.15, 0.2) is 0 Å². The van der Waals surface area contributed by atoms with E-state index in [0.717, 1.165) is 17.7 Å². The van der Waals surface area contributed by atoms with Crippen LogP contribution in [0, 0.1) is 0 Å². The number of halogens is 1. The maximum atomic E-state index is 12.9. The first kappa shape index (κ1) is 14.8. The maximum Gasteiger partial charge on any atom is 0.247 e. The summed E-state index contributed by atoms with van der Waals surface area (Å²) >= 11 is 7.66. The van der Waals surface area contributed by atoms with Crippen molar-refractivity contribution in [1.29, 1.82) is 0 Å². The zero-order chi connectivity index (χ0) is 15.0. The van der Waals surface area contributed by atoms with Crippen molar-refractivity contribution >= 4 is 38.6 Å². The van der Waals surface area contributed by atoms with E-state index in [9.17, 15) is 8.42 Å². The van der Waals surface area contributed by atoms with E-state index in [4.69, 9.17) is 17.3 Å². The lowest BCUT2D eigenvalue weighted by molar-refractivity contribution is 0.401. The van der Waals surface area contributed by atoms with E-state index >= 15 is 0 Å². The van der Waals surface area contributed by atoms with Gasteiger partial charge in [-0.2, -0.15) is 4.31 Å². The predicted octanol–water partition coefficient (Wildman–Crippen LogP) is 3.51. The highest BCUT2D eigenvalue weighted by Crippen LogP contribution is 2.40. The van der Waals surface area contributed by atoms with E-state index < -0.39 is 10.0 Å². The molecule has 0 spiro atoms. The average Bonchev–Trinajstić information content (AvgIpc) is 3.09. The Bertz CT molecular complexity index is 724. The van der Waals surface area contributed by atoms with Gasteiger partial charge in [0.2, 0.25) is 10.0 Å². The van der Waals surface area contributed by atoms with Crippen LogP contribution in [0.4, 0.5) is 5.69 Å². The van der Waals surface area contributed by atoms with Gasteiger partial charge in [-0.05, 0) is 36.4 Å². The van der Waals surface area contributed by atoms with Gasteiger partial charge in [-0.3, -0.25) is 0 Å². The van der Waals surface area contributed by atoms with E-state index in [-0.39, 0.29) is 21.6 Å². The molecule has 1 aromatic carbocycles. The standard InChI is InChI=1S/C14H15ClN2O2S2/c15-10-4-1-5-11(16)14(10)21(18,19)17-8-2-6-12(17)13-7-3-9-20-13/h1,3-5,7,9,12H,2,6,8,16H2. The molecular weight excluding hydrogens is 328 g/mol. The van der Waals surface area contributed by atoms with Crippen LogP contribution < -0.4 is 5.73 Å². The fourth-order valence-corrected chi connectivity index (χ4v) is 5.96. The third kappa shape index (κ3) is 2.57. The summed E-state index contributed by atoms with van der Waals surface area (Å²) in [7, 11) is -3.69. The summed E-state index contributed by atoms with van der Waals surface area (Å²) in [4.78, 5) is 1.08. The number of nitrogens with zero attached hydrogens (tertiary/aromatic N) is 1. The fourth-order valence-electron chi connectivity index (χ4n) is 2.71. The molecule has 1 saturated heterocycles. The second-order valence-corrected chi connectivity index (χ2v) is 8.16. The summed E-state index contributed by atoms with van der Waals surface area (Å²) in [5, 5.41) is 2.13. The highest BCUT2D eigenvalue weighted by molar-refractivity contribution is 7.89. The van der Waals surface area contributed by atoms with Crippen LogP contribution >= 0.6 is 22.9 Å². The predicted molar refractivity (Wildman–Crippen MR) is 86.1 cm³/mol. The van der Waals surface area contributed by atoms with Crippen LogP contribution in [0.2, 0.25) is 5.02 Å². The molecule has 2 N–H and O–H groups in total. The van der Waals surface area contributed by atoms with E-state index in [0.29, 0.717) is 6.54 Å². The molecule has 1 aliphatic rings. The summed E-state index contributed by atoms with van der Waals surface area (Å²) in [5.74, 6) is 0. The summed E-state index contributed by atoms with van der Waals surface area (Å²) in [6, 6.07) is 8.56. The van der Waals surface area contributed by atoms with Crippen molar-refractivity contribution < 1.29 is 8.42 Å². The first-order chi connectivity index (χ1) is 10.0. The molecule has 0 amide bonds. The highest BCUT2D eigenvalue weighted by atomic mass is 35.5. The lowest BCUT2D eigenvalue weighted by Crippen LogP contribution is -2.31. The molecule has 2 aromatic rings. The molecule has 0 radical (unpaired) electrons. The first-order valence-electron chi connectivity index (χ1n) is 6.61. The number of nitrogen functional groups attached to an aromatic ring is 1. The Morgan fingerprint density at radius 1 is 1.29 bits per heavy atom. The minimum atomic E-state index is -3.69. The van der Waals surface area contributed by atoms with Crippen molar-refractivity contribution in [1.82, 2.24) is 4.31 Å². The lowest BCUT2D eigenvalue weighted by atomic mass is 10.2. The van der Waals surface area contributed by atoms with Gasteiger partial charge in [-0.15, -0.1) is 11.3 Å². The van der Waals surface area contributed by atoms with Crippen molar-refractivity contribution in [3.05, 3.63) is 45.6 Å². The number of benzene rings is 1. The van der Waals surface area contributed by atoms with Crippen LogP contribution in [0.25, 0.3) is 0 Å². The van der Waals surface area contributed by atoms with E-state index in [2.05, 4.69) is 0 Å². The van der Waals surface area contributed by atoms with Gasteiger partial charge in [0.1, 0.15) is 4.90 Å². The molecule has 1 fully saturated rings. The number of nitrogens with two attached hydrogens (primary N) is 1. The number of thiophene rings is 1. The topological polar surface area (TPSA) is 63.4 Å². The van der Waals surface area contributed by atoms with Crippen LogP contribution in [-0.2, 0) is 10.0 Å². The number of hydrogen-bond acceptors (Lipinski definition) is 4. The Hall–Kier alpha value is -1.08. The van der Waals surface area contributed by atoms with Gasteiger partial charge in [0.25, 0.3) is 0 Å². The van der Waals surface area contributed by atoms with Crippen molar-refractivity contribution in [3.8, 4) is 0 Å². The molecule has 3 rings (SSSR count). The minimum Gasteiger partial charge on any atom is -0.398 e. The minimum absolute atomic E-state index is 0.0233. The van der Waals surface area contributed by atoms with E-state index in [1.54, 1.807) is 29.5 Å². The molecule has 0 bridgehead atoms. The fraction of sp³-hybridized carbons (Fsp3) is 0.286. The third-order valence-electron chi connectivity index (χ3n) is 3.64. The van der Waals surface area contributed by atoms with Crippen LogP contribution in [-0.4, -0.2) is 19.3 Å². The van der Waals surface area contributed by atoms with Gasteiger partial charge < -0.3 is 5.73 Å². The third-order valence-corrected chi connectivity index (χ3v) is 7.07. The number of anilines is 1. The highest BCUT2D eigenvalue weighted by Gasteiger charge is 2.38. The van der Waals surface area contributed by atoms with E-state index in [1.807, 2.05) is 17.5 Å². The summed E-state index contributed by atoms with van der Waals surface area (Å²) in [5.41, 5.74) is 6.05. The first-order valence-corrected chi connectivity index (χ1v) is 9.31. The summed E-state index contributed by atoms with van der Waals surface area (Å²) in [6.07, 6.45) is 1.66. The number of rotatable bonds is 3. The molecule has 4 nitrogen and oxygen atoms in total. The molecule has 0 saturated carbocycles. The number of sulfonamides is 1. The van der Waals surface area contributed by atoms with Crippen molar-refractivity contribution in [2.45, 2.75) is 23.8 Å². The molecular formula is C14H15ClN2O2S2. The molecule has 1 aromatic heterocycles. The monoisotopic (exact) mass is 342 g/mol. The van der Waals surface area contributed by atoms with Crippen LogP contribution in [0.5, 0.6) is 0 Å². The Labute approximate surface area is 133 Å². The van der Waals surface area contributed by atoms with Gasteiger partial charge in [-0.25, -0.2) is 8.42 Å². The second kappa shape index (κ2) is 5.61. The zero-order valence-corrected chi connectivity index (χ0v) is 13.6. The van der Waals surface area contributed by atoms with Gasteiger partial charge in [-0.1, -0.05) is 23.7 Å². The van der Waals surface area contributed by atoms with Crippen molar-refractivity contribution in [3.63, 3.8) is 0 Å². The second-order valence-electron chi connectivity index (χ2n) is 4.95. The molecule has 1 aliphatic heterocycles. The van der Waals surface area contributed by atoms with Crippen LogP contribution in [0.15, 0.2) is 40.6 Å². The van der Waals surface area contributed by atoms with E-state index in [1.165, 1.54) is 4.31 Å². The van der Waals surface area contributed by atoms with Gasteiger partial charge in [0.05, 0.1) is 16.8 Å². The number of hydrogen-bond donors (Lipinski definition) is 1. The molecule has 21 heavy (non-hydrogen) atoms. The Morgan fingerprint density at radius 2 is 2.10 bits per heavy atom. The summed E-state index contributed by atoms with van der Waals surface area (Å²) < 4.78 is 27.4. The van der Waals surface area contributed by atoms with Crippen LogP contribution in [0.1, 0.15) is 23.8 Å². The SMILES string of the molecule is Nc1cccc(Cl)c1S(=O)(=O)N1CCCC1c1cccs1. The molecule has 7 heteroatoms. The molecule has 2 heterocycles. The maximum absolute atomic E-state index is 12.9. The quantitative estimate of drug-likeness (QED) is 0.868. The largest absolute Gasteiger partial charge is 0.398 e. The molecule has 1 atom stereocenters. The molecule has 0 aliphatic carbocycles. The molecule has 1 unspecified atom stereocenters. The Balaban J connectivity index is 2.06. The van der Waals surface area contributed by atoms with Gasteiger partial charge >= 0.3 is 0 Å². The van der Waals surface area contributed by atoms with Crippen molar-refractivity contribution in [2.24, 2.45) is 0 Å². The van der Waals surface area contributed by atoms with Crippen molar-refractivity contribution in [2.75, 3.05) is 12.3 Å². The van der Waals surface area contributed by atoms with Gasteiger partial charge in [0, 0.05) is 11.4 Å². The Kier molecular flexibility index (Phi) is 3.96. The lowest BCUT2D eigenvalue weighted by Gasteiger charge is -2.24. The average molecular weight is 343 g/mol. The zero-order valence-electron chi connectivity index (χ0n) is 11.2. The van der Waals surface area contributed by atoms with Crippen LogP contribution in [0.3, 0.4) is 0 Å². The molecule has 112 valence electrons. The normalized spacial score (nSPS) is 20.0. The summed E-state index contributed by atoms with van der Waals surface area (Å²) in [6.45, 7) is 0.496. The Morgan fingerprint density at radius 3 is 2.76 bits per heavy atom. The smallest absolute Gasteiger partial charge is 0.247 e.